The molecule has 20 heavy (non-hydrogen) atoms. The van der Waals surface area contributed by atoms with Gasteiger partial charge in [-0.05, 0) is 37.4 Å². The first kappa shape index (κ1) is 14.9. The molecule has 0 spiro atoms. The van der Waals surface area contributed by atoms with Gasteiger partial charge in [0.1, 0.15) is 9.96 Å². The molecular weight excluding hydrogens is 294 g/mol. The quantitative estimate of drug-likeness (QED) is 0.822. The van der Waals surface area contributed by atoms with Crippen molar-refractivity contribution in [1.29, 1.82) is 0 Å². The first-order valence-corrected chi connectivity index (χ1v) is 8.70. The zero-order chi connectivity index (χ0) is 14.6. The number of ether oxygens (including phenoxy) is 1. The Morgan fingerprint density at radius 2 is 2.00 bits per heavy atom. The average molecular weight is 311 g/mol. The fraction of sp³-hybridized carbons (Fsp3) is 0.286. The Hall–Kier alpha value is -1.53. The highest BCUT2D eigenvalue weighted by atomic mass is 32.2. The van der Waals surface area contributed by atoms with Crippen LogP contribution in [0.5, 0.6) is 5.75 Å². The lowest BCUT2D eigenvalue weighted by Crippen LogP contribution is -2.30. The third kappa shape index (κ3) is 2.96. The van der Waals surface area contributed by atoms with Gasteiger partial charge in [-0.3, -0.25) is 4.31 Å². The van der Waals surface area contributed by atoms with Crippen LogP contribution in [-0.2, 0) is 10.0 Å². The van der Waals surface area contributed by atoms with Gasteiger partial charge in [0.15, 0.2) is 0 Å². The minimum atomic E-state index is -3.50. The Labute approximate surface area is 123 Å². The van der Waals surface area contributed by atoms with Crippen molar-refractivity contribution >= 4 is 27.0 Å². The first-order chi connectivity index (χ1) is 9.59. The van der Waals surface area contributed by atoms with Crippen LogP contribution in [0.1, 0.15) is 13.8 Å². The van der Waals surface area contributed by atoms with Crippen molar-refractivity contribution in [3.8, 4) is 5.75 Å². The lowest BCUT2D eigenvalue weighted by Gasteiger charge is -2.22. The van der Waals surface area contributed by atoms with E-state index in [4.69, 9.17) is 4.74 Å². The predicted octanol–water partition coefficient (Wildman–Crippen LogP) is 3.36. The molecular formula is C14H17NO3S2. The molecule has 0 aliphatic carbocycles. The van der Waals surface area contributed by atoms with Gasteiger partial charge in [-0.1, -0.05) is 12.1 Å². The maximum atomic E-state index is 12.6. The summed E-state index contributed by atoms with van der Waals surface area (Å²) in [5.41, 5.74) is 0.617. The number of anilines is 1. The van der Waals surface area contributed by atoms with Crippen molar-refractivity contribution in [1.82, 2.24) is 0 Å². The molecule has 0 N–H and O–H groups in total. The Bertz CT molecular complexity index is 651. The Balaban J connectivity index is 2.40. The number of hydrogen-bond acceptors (Lipinski definition) is 4. The first-order valence-electron chi connectivity index (χ1n) is 6.38. The van der Waals surface area contributed by atoms with E-state index < -0.39 is 10.0 Å². The summed E-state index contributed by atoms with van der Waals surface area (Å²) in [6, 6.07) is 10.5. The summed E-state index contributed by atoms with van der Waals surface area (Å²) in [6.45, 7) is 4.63. The Morgan fingerprint density at radius 3 is 2.60 bits per heavy atom. The van der Waals surface area contributed by atoms with E-state index in [0.29, 0.717) is 28.8 Å². The van der Waals surface area contributed by atoms with E-state index >= 15 is 0 Å². The highest BCUT2D eigenvalue weighted by Gasteiger charge is 2.24. The Morgan fingerprint density at radius 1 is 1.20 bits per heavy atom. The van der Waals surface area contributed by atoms with E-state index in [1.807, 2.05) is 19.9 Å². The van der Waals surface area contributed by atoms with E-state index in [0.717, 1.165) is 0 Å². The van der Waals surface area contributed by atoms with Crippen molar-refractivity contribution in [3.63, 3.8) is 0 Å². The highest BCUT2D eigenvalue weighted by Crippen LogP contribution is 2.28. The van der Waals surface area contributed by atoms with Crippen molar-refractivity contribution in [2.24, 2.45) is 0 Å². The third-order valence-corrected chi connectivity index (χ3v) is 6.02. The van der Waals surface area contributed by atoms with Crippen LogP contribution in [0.2, 0.25) is 0 Å². The molecule has 4 nitrogen and oxygen atoms in total. The largest absolute Gasteiger partial charge is 0.494 e. The number of hydrogen-bond donors (Lipinski definition) is 0. The van der Waals surface area contributed by atoms with E-state index in [9.17, 15) is 8.42 Å². The van der Waals surface area contributed by atoms with Crippen molar-refractivity contribution in [2.75, 3.05) is 17.5 Å². The molecule has 0 saturated carbocycles. The molecule has 0 amide bonds. The number of sulfonamides is 1. The van der Waals surface area contributed by atoms with Crippen LogP contribution in [0, 0.1) is 0 Å². The molecule has 6 heteroatoms. The normalized spacial score (nSPS) is 11.3. The summed E-state index contributed by atoms with van der Waals surface area (Å²) in [6.07, 6.45) is 0. The smallest absolute Gasteiger partial charge is 0.273 e. The maximum Gasteiger partial charge on any atom is 0.273 e. The summed E-state index contributed by atoms with van der Waals surface area (Å²) >= 11 is 1.22. The number of rotatable bonds is 6. The van der Waals surface area contributed by atoms with Gasteiger partial charge < -0.3 is 4.74 Å². The van der Waals surface area contributed by atoms with E-state index in [2.05, 4.69) is 0 Å². The molecule has 1 aromatic carbocycles. The summed E-state index contributed by atoms with van der Waals surface area (Å²) in [5, 5.41) is 1.76. The molecule has 0 saturated heterocycles. The monoisotopic (exact) mass is 311 g/mol. The van der Waals surface area contributed by atoms with Crippen LogP contribution >= 0.6 is 11.3 Å². The lowest BCUT2D eigenvalue weighted by atomic mass is 10.3. The van der Waals surface area contributed by atoms with Gasteiger partial charge in [-0.2, -0.15) is 0 Å². The van der Waals surface area contributed by atoms with E-state index in [1.54, 1.807) is 35.7 Å². The topological polar surface area (TPSA) is 46.6 Å². The van der Waals surface area contributed by atoms with Gasteiger partial charge in [-0.25, -0.2) is 8.42 Å². The van der Waals surface area contributed by atoms with E-state index in [1.165, 1.54) is 15.6 Å². The zero-order valence-electron chi connectivity index (χ0n) is 11.4. The van der Waals surface area contributed by atoms with Crippen LogP contribution in [-0.4, -0.2) is 21.6 Å². The molecule has 0 atom stereocenters. The molecule has 0 aliphatic heterocycles. The molecule has 108 valence electrons. The van der Waals surface area contributed by atoms with Crippen LogP contribution in [0.3, 0.4) is 0 Å². The number of benzene rings is 1. The zero-order valence-corrected chi connectivity index (χ0v) is 13.1. The predicted molar refractivity (Wildman–Crippen MR) is 82.1 cm³/mol. The van der Waals surface area contributed by atoms with Crippen LogP contribution < -0.4 is 9.04 Å². The molecule has 2 rings (SSSR count). The van der Waals surface area contributed by atoms with Gasteiger partial charge in [0.25, 0.3) is 10.0 Å². The SMILES string of the molecule is CCOc1cccc(N(CC)S(=O)(=O)c2cccs2)c1. The second kappa shape index (κ2) is 6.28. The molecule has 0 aliphatic rings. The second-order valence-electron chi connectivity index (χ2n) is 4.03. The number of thiophene rings is 1. The van der Waals surface area contributed by atoms with Gasteiger partial charge in [0.2, 0.25) is 0 Å². The molecule has 2 aromatic rings. The minimum absolute atomic E-state index is 0.348. The molecule has 0 fully saturated rings. The molecule has 0 unspecified atom stereocenters. The van der Waals surface area contributed by atoms with Gasteiger partial charge in [0, 0.05) is 12.6 Å². The molecule has 0 bridgehead atoms. The third-order valence-electron chi connectivity index (χ3n) is 2.74. The van der Waals surface area contributed by atoms with Gasteiger partial charge in [0.05, 0.1) is 12.3 Å². The van der Waals surface area contributed by atoms with Crippen molar-refractivity contribution in [3.05, 3.63) is 41.8 Å². The summed E-state index contributed by atoms with van der Waals surface area (Å²) in [4.78, 5) is 0. The van der Waals surface area contributed by atoms with Crippen LogP contribution in [0.25, 0.3) is 0 Å². The summed E-state index contributed by atoms with van der Waals surface area (Å²) < 4.78 is 32.3. The standard InChI is InChI=1S/C14H17NO3S2/c1-3-15(20(16,17)14-9-6-10-19-14)12-7-5-8-13(11-12)18-4-2/h5-11H,3-4H2,1-2H3. The maximum absolute atomic E-state index is 12.6. The van der Waals surface area contributed by atoms with Crippen LogP contribution in [0.4, 0.5) is 5.69 Å². The van der Waals surface area contributed by atoms with Gasteiger partial charge in [-0.15, -0.1) is 11.3 Å². The Kier molecular flexibility index (Phi) is 4.67. The molecule has 1 aromatic heterocycles. The highest BCUT2D eigenvalue weighted by molar-refractivity contribution is 7.94. The number of nitrogens with zero attached hydrogens (tertiary/aromatic N) is 1. The molecule has 0 radical (unpaired) electrons. The average Bonchev–Trinajstić information content (AvgIpc) is 2.95. The van der Waals surface area contributed by atoms with Crippen LogP contribution in [0.15, 0.2) is 46.0 Å². The fourth-order valence-corrected chi connectivity index (χ4v) is 4.48. The van der Waals surface area contributed by atoms with Gasteiger partial charge >= 0.3 is 0 Å². The fourth-order valence-electron chi connectivity index (χ4n) is 1.91. The van der Waals surface area contributed by atoms with Crippen molar-refractivity contribution in [2.45, 2.75) is 18.1 Å². The second-order valence-corrected chi connectivity index (χ2v) is 7.07. The summed E-state index contributed by atoms with van der Waals surface area (Å²) in [7, 11) is -3.50. The van der Waals surface area contributed by atoms with E-state index in [-0.39, 0.29) is 0 Å². The van der Waals surface area contributed by atoms with Crippen molar-refractivity contribution < 1.29 is 13.2 Å². The molecule has 1 heterocycles. The summed E-state index contributed by atoms with van der Waals surface area (Å²) in [5.74, 6) is 0.671. The minimum Gasteiger partial charge on any atom is -0.494 e. The lowest BCUT2D eigenvalue weighted by molar-refractivity contribution is 0.340.